The van der Waals surface area contributed by atoms with E-state index in [2.05, 4.69) is 23.3 Å². The van der Waals surface area contributed by atoms with Gasteiger partial charge in [-0.15, -0.1) is 11.3 Å². The van der Waals surface area contributed by atoms with E-state index in [0.717, 1.165) is 28.9 Å². The third-order valence-electron chi connectivity index (χ3n) is 4.00. The second-order valence-electron chi connectivity index (χ2n) is 5.73. The van der Waals surface area contributed by atoms with Crippen molar-refractivity contribution in [1.29, 1.82) is 0 Å². The van der Waals surface area contributed by atoms with Crippen LogP contribution in [-0.4, -0.2) is 22.8 Å². The van der Waals surface area contributed by atoms with Gasteiger partial charge in [0.2, 0.25) is 11.8 Å². The fourth-order valence-corrected chi connectivity index (χ4v) is 3.68. The molecule has 2 heterocycles. The Labute approximate surface area is 139 Å². The SMILES string of the molecule is CCC(=O)Nc1nc(-c2ccc3c(c2)CC(C)N3C(C)=O)cs1. The van der Waals surface area contributed by atoms with E-state index < -0.39 is 0 Å². The van der Waals surface area contributed by atoms with E-state index in [0.29, 0.717) is 11.6 Å². The first kappa shape index (κ1) is 15.7. The minimum Gasteiger partial charge on any atom is -0.309 e. The molecular weight excluding hydrogens is 310 g/mol. The van der Waals surface area contributed by atoms with Crippen LogP contribution in [0.25, 0.3) is 11.3 Å². The van der Waals surface area contributed by atoms with Crippen molar-refractivity contribution in [3.63, 3.8) is 0 Å². The number of rotatable bonds is 3. The first-order chi connectivity index (χ1) is 11.0. The molecule has 0 fully saturated rings. The van der Waals surface area contributed by atoms with Gasteiger partial charge in [0.05, 0.1) is 5.69 Å². The van der Waals surface area contributed by atoms with E-state index in [9.17, 15) is 9.59 Å². The number of amides is 2. The molecule has 3 rings (SSSR count). The van der Waals surface area contributed by atoms with E-state index in [-0.39, 0.29) is 17.9 Å². The number of benzene rings is 1. The summed E-state index contributed by atoms with van der Waals surface area (Å²) in [6.45, 7) is 5.47. The second kappa shape index (κ2) is 6.12. The quantitative estimate of drug-likeness (QED) is 0.938. The lowest BCUT2D eigenvalue weighted by Crippen LogP contribution is -2.33. The Hall–Kier alpha value is -2.21. The summed E-state index contributed by atoms with van der Waals surface area (Å²) in [6.07, 6.45) is 1.29. The predicted molar refractivity (Wildman–Crippen MR) is 92.8 cm³/mol. The summed E-state index contributed by atoms with van der Waals surface area (Å²) >= 11 is 1.42. The zero-order chi connectivity index (χ0) is 16.6. The molecule has 1 aromatic heterocycles. The third-order valence-corrected chi connectivity index (χ3v) is 4.76. The van der Waals surface area contributed by atoms with Gasteiger partial charge >= 0.3 is 0 Å². The number of hydrogen-bond acceptors (Lipinski definition) is 4. The molecule has 1 aliphatic heterocycles. The summed E-state index contributed by atoms with van der Waals surface area (Å²) in [5, 5.41) is 5.33. The standard InChI is InChI=1S/C17H19N3O2S/c1-4-16(22)19-17-18-14(9-23-17)12-5-6-15-13(8-12)7-10(2)20(15)11(3)21/h5-6,8-10H,4,7H2,1-3H3,(H,18,19,22). The average Bonchev–Trinajstić information content (AvgIpc) is 3.09. The summed E-state index contributed by atoms with van der Waals surface area (Å²) in [7, 11) is 0. The van der Waals surface area contributed by atoms with Gasteiger partial charge in [0.15, 0.2) is 5.13 Å². The highest BCUT2D eigenvalue weighted by molar-refractivity contribution is 7.14. The molecule has 6 heteroatoms. The van der Waals surface area contributed by atoms with Gasteiger partial charge in [0.25, 0.3) is 0 Å². The molecule has 2 aromatic rings. The topological polar surface area (TPSA) is 62.3 Å². The number of aromatic nitrogens is 1. The fraction of sp³-hybridized carbons (Fsp3) is 0.353. The fourth-order valence-electron chi connectivity index (χ4n) is 2.94. The van der Waals surface area contributed by atoms with E-state index in [1.165, 1.54) is 11.3 Å². The average molecular weight is 329 g/mol. The Morgan fingerprint density at radius 1 is 1.43 bits per heavy atom. The number of anilines is 2. The molecule has 0 saturated carbocycles. The number of nitrogens with one attached hydrogen (secondary N) is 1. The van der Waals surface area contributed by atoms with Gasteiger partial charge in [-0.05, 0) is 31.0 Å². The monoisotopic (exact) mass is 329 g/mol. The summed E-state index contributed by atoms with van der Waals surface area (Å²) in [4.78, 5) is 29.5. The van der Waals surface area contributed by atoms with Gasteiger partial charge in [-0.1, -0.05) is 13.0 Å². The van der Waals surface area contributed by atoms with Gasteiger partial charge in [-0.25, -0.2) is 4.98 Å². The Balaban J connectivity index is 1.87. The van der Waals surface area contributed by atoms with Crippen LogP contribution < -0.4 is 10.2 Å². The van der Waals surface area contributed by atoms with Crippen LogP contribution in [0, 0.1) is 0 Å². The predicted octanol–water partition coefficient (Wildman–Crippen LogP) is 3.46. The lowest BCUT2D eigenvalue weighted by Gasteiger charge is -2.20. The largest absolute Gasteiger partial charge is 0.309 e. The first-order valence-corrected chi connectivity index (χ1v) is 8.56. The van der Waals surface area contributed by atoms with Crippen molar-refractivity contribution in [3.8, 4) is 11.3 Å². The van der Waals surface area contributed by atoms with Crippen LogP contribution in [0.3, 0.4) is 0 Å². The van der Waals surface area contributed by atoms with Gasteiger partial charge in [0, 0.05) is 36.0 Å². The normalized spacial score (nSPS) is 16.3. The molecule has 0 spiro atoms. The van der Waals surface area contributed by atoms with Crippen molar-refractivity contribution in [3.05, 3.63) is 29.1 Å². The summed E-state index contributed by atoms with van der Waals surface area (Å²) in [5.41, 5.74) is 4.01. The minimum atomic E-state index is -0.0363. The van der Waals surface area contributed by atoms with Crippen LogP contribution >= 0.6 is 11.3 Å². The van der Waals surface area contributed by atoms with E-state index >= 15 is 0 Å². The van der Waals surface area contributed by atoms with E-state index in [1.54, 1.807) is 6.92 Å². The number of fused-ring (bicyclic) bond motifs is 1. The van der Waals surface area contributed by atoms with Crippen molar-refractivity contribution in [2.45, 2.75) is 39.7 Å². The van der Waals surface area contributed by atoms with E-state index in [1.807, 2.05) is 29.3 Å². The van der Waals surface area contributed by atoms with Crippen molar-refractivity contribution >= 4 is 34.0 Å². The van der Waals surface area contributed by atoms with Crippen LogP contribution in [0.1, 0.15) is 32.8 Å². The Bertz CT molecular complexity index is 769. The molecule has 1 atom stereocenters. The van der Waals surface area contributed by atoms with E-state index in [4.69, 9.17) is 0 Å². The van der Waals surface area contributed by atoms with Gasteiger partial charge in [-0.2, -0.15) is 0 Å². The Morgan fingerprint density at radius 2 is 2.22 bits per heavy atom. The molecule has 5 nitrogen and oxygen atoms in total. The van der Waals surface area contributed by atoms with Gasteiger partial charge in [-0.3, -0.25) is 9.59 Å². The maximum absolute atomic E-state index is 11.8. The maximum Gasteiger partial charge on any atom is 0.225 e. The Morgan fingerprint density at radius 3 is 2.91 bits per heavy atom. The lowest BCUT2D eigenvalue weighted by molar-refractivity contribution is -0.117. The number of nitrogens with zero attached hydrogens (tertiary/aromatic N) is 2. The highest BCUT2D eigenvalue weighted by Gasteiger charge is 2.29. The smallest absolute Gasteiger partial charge is 0.225 e. The van der Waals surface area contributed by atoms with Crippen molar-refractivity contribution in [1.82, 2.24) is 4.98 Å². The molecule has 23 heavy (non-hydrogen) atoms. The molecule has 0 bridgehead atoms. The number of thiazole rings is 1. The minimum absolute atomic E-state index is 0.0363. The molecule has 1 N–H and O–H groups in total. The molecule has 2 amide bonds. The van der Waals surface area contributed by atoms with Crippen LogP contribution in [0.5, 0.6) is 0 Å². The van der Waals surface area contributed by atoms with Crippen molar-refractivity contribution < 1.29 is 9.59 Å². The Kier molecular flexibility index (Phi) is 4.17. The van der Waals surface area contributed by atoms with Crippen LogP contribution in [0.15, 0.2) is 23.6 Å². The lowest BCUT2D eigenvalue weighted by atomic mass is 10.1. The molecule has 1 aliphatic rings. The maximum atomic E-state index is 11.8. The van der Waals surface area contributed by atoms with Gasteiger partial charge < -0.3 is 10.2 Å². The molecule has 120 valence electrons. The molecule has 0 aliphatic carbocycles. The van der Waals surface area contributed by atoms with Crippen LogP contribution in [0.4, 0.5) is 10.8 Å². The van der Waals surface area contributed by atoms with Gasteiger partial charge in [0.1, 0.15) is 0 Å². The van der Waals surface area contributed by atoms with Crippen molar-refractivity contribution in [2.75, 3.05) is 10.2 Å². The highest BCUT2D eigenvalue weighted by atomic mass is 32.1. The summed E-state index contributed by atoms with van der Waals surface area (Å²) in [6, 6.07) is 6.24. The van der Waals surface area contributed by atoms with Crippen molar-refractivity contribution in [2.24, 2.45) is 0 Å². The number of hydrogen-bond donors (Lipinski definition) is 1. The highest BCUT2D eigenvalue weighted by Crippen LogP contribution is 2.36. The van der Waals surface area contributed by atoms with Crippen LogP contribution in [0.2, 0.25) is 0 Å². The summed E-state index contributed by atoms with van der Waals surface area (Å²) < 4.78 is 0. The zero-order valence-corrected chi connectivity index (χ0v) is 14.2. The second-order valence-corrected chi connectivity index (χ2v) is 6.58. The molecule has 1 unspecified atom stereocenters. The summed E-state index contributed by atoms with van der Waals surface area (Å²) in [5.74, 6) is 0.0352. The third kappa shape index (κ3) is 2.99. The number of carbonyl (C=O) groups excluding carboxylic acids is 2. The molecule has 0 radical (unpaired) electrons. The molecule has 1 aromatic carbocycles. The van der Waals surface area contributed by atoms with Crippen LogP contribution in [-0.2, 0) is 16.0 Å². The molecular formula is C17H19N3O2S. The molecule has 0 saturated heterocycles. The number of carbonyl (C=O) groups is 2. The first-order valence-electron chi connectivity index (χ1n) is 7.68. The zero-order valence-electron chi connectivity index (χ0n) is 13.4.